The van der Waals surface area contributed by atoms with Crippen LogP contribution in [0.4, 0.5) is 0 Å². The Morgan fingerprint density at radius 2 is 1.79 bits per heavy atom. The van der Waals surface area contributed by atoms with E-state index in [4.69, 9.17) is 0 Å². The zero-order valence-corrected chi connectivity index (χ0v) is 14.7. The summed E-state index contributed by atoms with van der Waals surface area (Å²) in [6.07, 6.45) is 3.54. The zero-order chi connectivity index (χ0) is 17.3. The zero-order valence-electron chi connectivity index (χ0n) is 14.7. The fourth-order valence-corrected chi connectivity index (χ4v) is 3.66. The molecule has 0 spiro atoms. The molecular formula is C16H26N6O2. The van der Waals surface area contributed by atoms with Gasteiger partial charge < -0.3 is 14.4 Å². The minimum atomic E-state index is -0.228. The number of carbonyl (C=O) groups is 2. The molecule has 132 valence electrons. The third-order valence-corrected chi connectivity index (χ3v) is 5.30. The van der Waals surface area contributed by atoms with Crippen molar-refractivity contribution in [3.8, 4) is 0 Å². The summed E-state index contributed by atoms with van der Waals surface area (Å²) < 4.78 is 1.96. The number of nitrogens with zero attached hydrogens (tertiary/aromatic N) is 6. The molecule has 2 aliphatic heterocycles. The number of hydrogen-bond donors (Lipinski definition) is 0. The van der Waals surface area contributed by atoms with Crippen LogP contribution in [0.5, 0.6) is 0 Å². The van der Waals surface area contributed by atoms with Gasteiger partial charge in [-0.3, -0.25) is 14.5 Å². The van der Waals surface area contributed by atoms with Gasteiger partial charge in [0.1, 0.15) is 18.2 Å². The maximum atomic E-state index is 12.9. The van der Waals surface area contributed by atoms with Crippen molar-refractivity contribution in [1.82, 2.24) is 29.5 Å². The van der Waals surface area contributed by atoms with Gasteiger partial charge >= 0.3 is 0 Å². The van der Waals surface area contributed by atoms with Crippen molar-refractivity contribution in [2.45, 2.75) is 31.7 Å². The topological polar surface area (TPSA) is 74.6 Å². The molecule has 0 radical (unpaired) electrons. The van der Waals surface area contributed by atoms with Crippen molar-refractivity contribution < 1.29 is 9.59 Å². The molecule has 0 aliphatic carbocycles. The number of aryl methyl sites for hydroxylation is 1. The maximum Gasteiger partial charge on any atom is 0.241 e. The Labute approximate surface area is 142 Å². The first-order chi connectivity index (χ1) is 11.5. The lowest BCUT2D eigenvalue weighted by Crippen LogP contribution is -2.59. The molecule has 1 aromatic heterocycles. The minimum absolute atomic E-state index is 0.0434. The van der Waals surface area contributed by atoms with Crippen LogP contribution in [0.3, 0.4) is 0 Å². The fourth-order valence-electron chi connectivity index (χ4n) is 3.66. The van der Waals surface area contributed by atoms with Gasteiger partial charge in [0.2, 0.25) is 11.8 Å². The van der Waals surface area contributed by atoms with E-state index in [0.717, 1.165) is 38.3 Å². The number of piperazine rings is 1. The summed E-state index contributed by atoms with van der Waals surface area (Å²) in [7, 11) is 3.92. The van der Waals surface area contributed by atoms with E-state index < -0.39 is 0 Å². The van der Waals surface area contributed by atoms with Gasteiger partial charge in [0.15, 0.2) is 0 Å². The molecule has 2 saturated heterocycles. The lowest BCUT2D eigenvalue weighted by Gasteiger charge is -2.41. The monoisotopic (exact) mass is 334 g/mol. The first-order valence-corrected chi connectivity index (χ1v) is 8.55. The first-order valence-electron chi connectivity index (χ1n) is 8.55. The van der Waals surface area contributed by atoms with E-state index in [1.54, 1.807) is 18.2 Å². The largest absolute Gasteiger partial charge is 0.341 e. The van der Waals surface area contributed by atoms with Crippen molar-refractivity contribution in [2.75, 3.05) is 39.8 Å². The normalized spacial score (nSPS) is 23.5. The van der Waals surface area contributed by atoms with E-state index in [-0.39, 0.29) is 17.9 Å². The molecule has 3 rings (SSSR count). The predicted octanol–water partition coefficient (Wildman–Crippen LogP) is -0.316. The Bertz CT molecular complexity index is 607. The minimum Gasteiger partial charge on any atom is -0.341 e. The summed E-state index contributed by atoms with van der Waals surface area (Å²) in [5.41, 5.74) is 0. The molecule has 2 amide bonds. The molecule has 2 fully saturated rings. The van der Waals surface area contributed by atoms with E-state index in [9.17, 15) is 9.59 Å². The Hall–Kier alpha value is -1.96. The van der Waals surface area contributed by atoms with Crippen molar-refractivity contribution >= 4 is 11.8 Å². The summed E-state index contributed by atoms with van der Waals surface area (Å²) in [6, 6.07) is -0.228. The third kappa shape index (κ3) is 3.28. The average molecular weight is 334 g/mol. The van der Waals surface area contributed by atoms with Crippen LogP contribution in [0, 0.1) is 0 Å². The number of piperidine rings is 1. The van der Waals surface area contributed by atoms with Gasteiger partial charge in [-0.1, -0.05) is 0 Å². The smallest absolute Gasteiger partial charge is 0.241 e. The molecule has 0 bridgehead atoms. The van der Waals surface area contributed by atoms with Crippen LogP contribution < -0.4 is 0 Å². The second-order valence-electron chi connectivity index (χ2n) is 6.86. The number of hydrogen-bond acceptors (Lipinski definition) is 5. The van der Waals surface area contributed by atoms with Crippen LogP contribution in [0.15, 0.2) is 6.33 Å². The lowest BCUT2D eigenvalue weighted by atomic mass is 9.95. The average Bonchev–Trinajstić information content (AvgIpc) is 3.00. The number of aromatic nitrogens is 3. The lowest BCUT2D eigenvalue weighted by molar-refractivity contribution is -0.143. The number of rotatable bonds is 2. The molecule has 0 saturated carbocycles. The molecule has 24 heavy (non-hydrogen) atoms. The number of likely N-dealkylation sites (N-methyl/N-ethyl adjacent to an activating group) is 1. The summed E-state index contributed by atoms with van der Waals surface area (Å²) >= 11 is 0. The van der Waals surface area contributed by atoms with E-state index in [1.807, 2.05) is 23.6 Å². The van der Waals surface area contributed by atoms with Crippen LogP contribution >= 0.6 is 0 Å². The first kappa shape index (κ1) is 16.9. The molecule has 8 heteroatoms. The maximum absolute atomic E-state index is 12.9. The molecule has 2 aliphatic rings. The number of carbonyl (C=O) groups excluding carboxylic acids is 2. The van der Waals surface area contributed by atoms with Gasteiger partial charge in [-0.2, -0.15) is 0 Å². The second kappa shape index (κ2) is 6.88. The van der Waals surface area contributed by atoms with Crippen LogP contribution in [-0.2, 0) is 16.6 Å². The Morgan fingerprint density at radius 3 is 2.38 bits per heavy atom. The van der Waals surface area contributed by atoms with Crippen molar-refractivity contribution in [3.05, 3.63) is 12.2 Å². The standard InChI is InChI=1S/C16H26N6O2/c1-12(23)22-9-8-19(2)14(10-22)16(24)21-6-4-13(5-7-21)15-18-17-11-20(15)3/h11,13-14H,4-10H2,1-3H3/t14-/m1/s1. The molecular weight excluding hydrogens is 308 g/mol. The molecule has 8 nitrogen and oxygen atoms in total. The van der Waals surface area contributed by atoms with Crippen LogP contribution in [0.1, 0.15) is 31.5 Å². The van der Waals surface area contributed by atoms with Crippen LogP contribution in [-0.4, -0.2) is 87.1 Å². The van der Waals surface area contributed by atoms with Gasteiger partial charge in [0.05, 0.1) is 0 Å². The molecule has 1 atom stereocenters. The SMILES string of the molecule is CC(=O)N1CCN(C)[C@@H](C(=O)N2CCC(c3nncn3C)CC2)C1. The van der Waals surface area contributed by atoms with Crippen LogP contribution in [0.2, 0.25) is 0 Å². The number of likely N-dealkylation sites (tertiary alicyclic amines) is 1. The van der Waals surface area contributed by atoms with Gasteiger partial charge in [0, 0.05) is 52.6 Å². The Morgan fingerprint density at radius 1 is 1.08 bits per heavy atom. The third-order valence-electron chi connectivity index (χ3n) is 5.30. The van der Waals surface area contributed by atoms with Gasteiger partial charge in [-0.15, -0.1) is 10.2 Å². The molecule has 3 heterocycles. The summed E-state index contributed by atoms with van der Waals surface area (Å²) in [4.78, 5) is 30.3. The highest BCUT2D eigenvalue weighted by Crippen LogP contribution is 2.27. The van der Waals surface area contributed by atoms with E-state index in [0.29, 0.717) is 19.0 Å². The quantitative estimate of drug-likeness (QED) is 0.741. The van der Waals surface area contributed by atoms with E-state index in [1.165, 1.54) is 0 Å². The van der Waals surface area contributed by atoms with Crippen LogP contribution in [0.25, 0.3) is 0 Å². The van der Waals surface area contributed by atoms with Gasteiger partial charge in [-0.25, -0.2) is 0 Å². The van der Waals surface area contributed by atoms with Gasteiger partial charge in [-0.05, 0) is 19.9 Å². The molecule has 0 N–H and O–H groups in total. The molecule has 0 unspecified atom stereocenters. The van der Waals surface area contributed by atoms with Gasteiger partial charge in [0.25, 0.3) is 0 Å². The van der Waals surface area contributed by atoms with Crippen molar-refractivity contribution in [1.29, 1.82) is 0 Å². The second-order valence-corrected chi connectivity index (χ2v) is 6.86. The van der Waals surface area contributed by atoms with Crippen molar-refractivity contribution in [3.63, 3.8) is 0 Å². The Kier molecular flexibility index (Phi) is 4.84. The summed E-state index contributed by atoms with van der Waals surface area (Å²) in [6.45, 7) is 4.98. The fraction of sp³-hybridized carbons (Fsp3) is 0.750. The summed E-state index contributed by atoms with van der Waals surface area (Å²) in [5, 5.41) is 8.15. The van der Waals surface area contributed by atoms with Crippen molar-refractivity contribution in [2.24, 2.45) is 7.05 Å². The highest BCUT2D eigenvalue weighted by molar-refractivity contribution is 5.83. The summed E-state index contributed by atoms with van der Waals surface area (Å²) in [5.74, 6) is 1.54. The predicted molar refractivity (Wildman–Crippen MR) is 88.2 cm³/mol. The highest BCUT2D eigenvalue weighted by Gasteiger charge is 2.35. The molecule has 0 aromatic carbocycles. The van der Waals surface area contributed by atoms with E-state index in [2.05, 4.69) is 15.1 Å². The molecule has 1 aromatic rings. The Balaban J connectivity index is 1.60. The highest BCUT2D eigenvalue weighted by atomic mass is 16.2. The number of amides is 2. The van der Waals surface area contributed by atoms with E-state index >= 15 is 0 Å².